The Kier molecular flexibility index (Phi) is 8.38. The van der Waals surface area contributed by atoms with Crippen LogP contribution in [0.5, 0.6) is 0 Å². The number of hydrogen-bond donors (Lipinski definition) is 1. The first-order valence-electron chi connectivity index (χ1n) is 7.82. The lowest BCUT2D eigenvalue weighted by Gasteiger charge is -2.37. The molecular formula is C17H32O4Si. The van der Waals surface area contributed by atoms with Crippen LogP contribution in [0.15, 0.2) is 0 Å². The Morgan fingerprint density at radius 3 is 2.27 bits per heavy atom. The first-order valence-corrected chi connectivity index (χ1v) is 10.7. The van der Waals surface area contributed by atoms with Crippen LogP contribution in [0.3, 0.4) is 0 Å². The van der Waals surface area contributed by atoms with E-state index in [0.717, 1.165) is 0 Å². The molecule has 128 valence electrons. The standard InChI is InChI=1S/C17H32O4Si/c1-13(10-9-11-20-15(3)18)16(19)14(2)12-21-22(7,8)17(4,5)6/h13-14,16,19H,11-12H2,1-8H3/t13-,14-,16-/m0/s1. The molecule has 0 saturated heterocycles. The topological polar surface area (TPSA) is 55.8 Å². The average molecular weight is 329 g/mol. The van der Waals surface area contributed by atoms with Gasteiger partial charge in [-0.3, -0.25) is 4.79 Å². The lowest BCUT2D eigenvalue weighted by atomic mass is 9.94. The van der Waals surface area contributed by atoms with E-state index in [9.17, 15) is 9.90 Å². The summed E-state index contributed by atoms with van der Waals surface area (Å²) in [6.45, 7) is 16.8. The fraction of sp³-hybridized carbons (Fsp3) is 0.824. The molecular weight excluding hydrogens is 296 g/mol. The molecule has 5 heteroatoms. The fourth-order valence-electron chi connectivity index (χ4n) is 1.57. The number of aliphatic hydroxyl groups is 1. The molecule has 0 bridgehead atoms. The van der Waals surface area contributed by atoms with E-state index in [1.165, 1.54) is 6.92 Å². The molecule has 4 nitrogen and oxygen atoms in total. The van der Waals surface area contributed by atoms with Gasteiger partial charge in [0.15, 0.2) is 14.9 Å². The maximum Gasteiger partial charge on any atom is 0.303 e. The highest BCUT2D eigenvalue weighted by molar-refractivity contribution is 6.74. The Hall–Kier alpha value is -0.833. The van der Waals surface area contributed by atoms with Gasteiger partial charge >= 0.3 is 5.97 Å². The highest BCUT2D eigenvalue weighted by Crippen LogP contribution is 2.37. The van der Waals surface area contributed by atoms with E-state index in [2.05, 4.69) is 45.7 Å². The molecule has 22 heavy (non-hydrogen) atoms. The maximum atomic E-state index is 10.6. The smallest absolute Gasteiger partial charge is 0.303 e. The van der Waals surface area contributed by atoms with Crippen LogP contribution in [-0.2, 0) is 14.0 Å². The minimum atomic E-state index is -1.80. The number of carbonyl (C=O) groups excluding carboxylic acids is 1. The molecule has 0 spiro atoms. The summed E-state index contributed by atoms with van der Waals surface area (Å²) in [6, 6.07) is 0. The van der Waals surface area contributed by atoms with Crippen LogP contribution in [-0.4, -0.2) is 38.7 Å². The van der Waals surface area contributed by atoms with Crippen LogP contribution in [0.4, 0.5) is 0 Å². The molecule has 3 atom stereocenters. The summed E-state index contributed by atoms with van der Waals surface area (Å²) in [6.07, 6.45) is -0.561. The predicted octanol–water partition coefficient (Wildman–Crippen LogP) is 3.21. The number of aliphatic hydroxyl groups excluding tert-OH is 1. The van der Waals surface area contributed by atoms with Crippen molar-refractivity contribution >= 4 is 14.3 Å². The Morgan fingerprint density at radius 2 is 1.82 bits per heavy atom. The first-order chi connectivity index (χ1) is 9.88. The molecule has 0 aliphatic heterocycles. The molecule has 0 aromatic rings. The third kappa shape index (κ3) is 7.44. The number of esters is 1. The number of hydrogen-bond acceptors (Lipinski definition) is 4. The lowest BCUT2D eigenvalue weighted by Crippen LogP contribution is -2.43. The third-order valence-electron chi connectivity index (χ3n) is 4.29. The largest absolute Gasteiger partial charge is 0.453 e. The van der Waals surface area contributed by atoms with Crippen molar-refractivity contribution < 1.29 is 19.1 Å². The monoisotopic (exact) mass is 328 g/mol. The van der Waals surface area contributed by atoms with Crippen LogP contribution in [0.25, 0.3) is 0 Å². The fourth-order valence-corrected chi connectivity index (χ4v) is 2.69. The predicted molar refractivity (Wildman–Crippen MR) is 91.9 cm³/mol. The lowest BCUT2D eigenvalue weighted by molar-refractivity contribution is -0.139. The summed E-state index contributed by atoms with van der Waals surface area (Å²) in [5.41, 5.74) is 0. The van der Waals surface area contributed by atoms with Crippen LogP contribution in [0.2, 0.25) is 18.1 Å². The minimum absolute atomic E-state index is 0.00662. The van der Waals surface area contributed by atoms with Crippen molar-refractivity contribution in [3.63, 3.8) is 0 Å². The van der Waals surface area contributed by atoms with Gasteiger partial charge in [-0.05, 0) is 25.1 Å². The van der Waals surface area contributed by atoms with E-state index in [0.29, 0.717) is 6.61 Å². The zero-order valence-corrected chi connectivity index (χ0v) is 16.3. The Bertz CT molecular complexity index is 415. The summed E-state index contributed by atoms with van der Waals surface area (Å²) in [4.78, 5) is 10.6. The van der Waals surface area contributed by atoms with Gasteiger partial charge in [-0.1, -0.05) is 39.5 Å². The number of ether oxygens (including phenoxy) is 1. The van der Waals surface area contributed by atoms with Gasteiger partial charge in [0.2, 0.25) is 0 Å². The van der Waals surface area contributed by atoms with E-state index < -0.39 is 14.4 Å². The third-order valence-corrected chi connectivity index (χ3v) is 8.79. The summed E-state index contributed by atoms with van der Waals surface area (Å²) in [7, 11) is -1.80. The van der Waals surface area contributed by atoms with Gasteiger partial charge < -0.3 is 14.3 Å². The molecule has 0 heterocycles. The summed E-state index contributed by atoms with van der Waals surface area (Å²) in [5, 5.41) is 10.5. The Labute approximate surface area is 136 Å². The molecule has 0 saturated carbocycles. The Balaban J connectivity index is 4.42. The second-order valence-electron chi connectivity index (χ2n) is 7.43. The van der Waals surface area contributed by atoms with Crippen molar-refractivity contribution in [2.75, 3.05) is 13.2 Å². The highest BCUT2D eigenvalue weighted by Gasteiger charge is 2.37. The van der Waals surface area contributed by atoms with Crippen LogP contribution in [0, 0.1) is 23.7 Å². The van der Waals surface area contributed by atoms with Gasteiger partial charge in [0, 0.05) is 25.4 Å². The van der Waals surface area contributed by atoms with Crippen molar-refractivity contribution in [1.82, 2.24) is 0 Å². The summed E-state index contributed by atoms with van der Waals surface area (Å²) in [5.74, 6) is 5.16. The van der Waals surface area contributed by atoms with Crippen molar-refractivity contribution in [3.8, 4) is 11.8 Å². The van der Waals surface area contributed by atoms with Crippen molar-refractivity contribution in [1.29, 1.82) is 0 Å². The quantitative estimate of drug-likeness (QED) is 0.462. The van der Waals surface area contributed by atoms with Crippen molar-refractivity contribution in [2.45, 2.75) is 65.8 Å². The number of carbonyl (C=O) groups is 1. The molecule has 0 radical (unpaired) electrons. The van der Waals surface area contributed by atoms with Crippen LogP contribution >= 0.6 is 0 Å². The molecule has 0 aliphatic rings. The van der Waals surface area contributed by atoms with E-state index in [4.69, 9.17) is 9.16 Å². The second kappa shape index (κ2) is 8.71. The molecule has 0 unspecified atom stereocenters. The van der Waals surface area contributed by atoms with Gasteiger partial charge in [0.1, 0.15) is 0 Å². The Morgan fingerprint density at radius 1 is 1.27 bits per heavy atom. The zero-order valence-electron chi connectivity index (χ0n) is 15.3. The van der Waals surface area contributed by atoms with Gasteiger partial charge in [-0.15, -0.1) is 0 Å². The van der Waals surface area contributed by atoms with Crippen LogP contribution < -0.4 is 0 Å². The molecule has 1 N–H and O–H groups in total. The zero-order chi connectivity index (χ0) is 17.6. The summed E-state index contributed by atoms with van der Waals surface area (Å²) >= 11 is 0. The van der Waals surface area contributed by atoms with Gasteiger partial charge in [-0.2, -0.15) is 0 Å². The van der Waals surface area contributed by atoms with E-state index in [1.807, 2.05) is 13.8 Å². The molecule has 0 fully saturated rings. The molecule has 0 aromatic carbocycles. The molecule has 0 amide bonds. The molecule has 0 rings (SSSR count). The van der Waals surface area contributed by atoms with E-state index >= 15 is 0 Å². The van der Waals surface area contributed by atoms with Crippen molar-refractivity contribution in [3.05, 3.63) is 0 Å². The van der Waals surface area contributed by atoms with Crippen LogP contribution in [0.1, 0.15) is 41.5 Å². The first kappa shape index (κ1) is 21.2. The second-order valence-corrected chi connectivity index (χ2v) is 12.2. The van der Waals surface area contributed by atoms with E-state index in [-0.39, 0.29) is 29.5 Å². The summed E-state index contributed by atoms with van der Waals surface area (Å²) < 4.78 is 10.9. The van der Waals surface area contributed by atoms with Gasteiger partial charge in [0.05, 0.1) is 6.10 Å². The number of rotatable bonds is 6. The molecule has 0 aromatic heterocycles. The van der Waals surface area contributed by atoms with Crippen molar-refractivity contribution in [2.24, 2.45) is 11.8 Å². The highest BCUT2D eigenvalue weighted by atomic mass is 28.4. The van der Waals surface area contributed by atoms with E-state index in [1.54, 1.807) is 0 Å². The SMILES string of the molecule is CC(=O)OCC#C[C@H](C)[C@H](O)[C@@H](C)CO[Si](C)(C)C(C)(C)C. The minimum Gasteiger partial charge on any atom is -0.453 e. The maximum absolute atomic E-state index is 10.6. The van der Waals surface area contributed by atoms with Gasteiger partial charge in [0.25, 0.3) is 0 Å². The van der Waals surface area contributed by atoms with Gasteiger partial charge in [-0.25, -0.2) is 0 Å². The normalized spacial score (nSPS) is 16.2. The average Bonchev–Trinajstić information content (AvgIpc) is 2.38. The molecule has 0 aliphatic carbocycles.